The van der Waals surface area contributed by atoms with Crippen molar-refractivity contribution >= 4 is 28.0 Å². The topological polar surface area (TPSA) is 79.2 Å². The van der Waals surface area contributed by atoms with Crippen LogP contribution in [-0.4, -0.2) is 62.0 Å². The summed E-state index contributed by atoms with van der Waals surface area (Å²) >= 11 is 0. The van der Waals surface area contributed by atoms with Gasteiger partial charge in [-0.25, -0.2) is 9.78 Å². The highest BCUT2D eigenvalue weighted by molar-refractivity contribution is 5.96. The van der Waals surface area contributed by atoms with Crippen LogP contribution in [0.5, 0.6) is 0 Å². The number of aryl methyl sites for hydroxylation is 2. The number of piperidine rings is 1. The number of carbonyl (C=O) groups is 1. The summed E-state index contributed by atoms with van der Waals surface area (Å²) in [5, 5.41) is 1.12. The third-order valence-electron chi connectivity index (χ3n) is 8.25. The highest BCUT2D eigenvalue weighted by atomic mass is 16.2. The number of fused-ring (bicyclic) bond motifs is 2. The lowest BCUT2D eigenvalue weighted by atomic mass is 9.89. The van der Waals surface area contributed by atoms with E-state index in [9.17, 15) is 9.59 Å². The number of amides is 1. The lowest BCUT2D eigenvalue weighted by Gasteiger charge is -2.32. The summed E-state index contributed by atoms with van der Waals surface area (Å²) in [6, 6.07) is 18.6. The van der Waals surface area contributed by atoms with Crippen molar-refractivity contribution in [1.82, 2.24) is 28.9 Å². The third-order valence-corrected chi connectivity index (χ3v) is 8.25. The molecule has 0 radical (unpaired) electrons. The second-order valence-corrected chi connectivity index (χ2v) is 10.9. The van der Waals surface area contributed by atoms with Gasteiger partial charge in [0, 0.05) is 57.6 Å². The van der Waals surface area contributed by atoms with Crippen LogP contribution in [0.3, 0.4) is 0 Å². The lowest BCUT2D eigenvalue weighted by Crippen LogP contribution is -2.33. The van der Waals surface area contributed by atoms with E-state index in [0.717, 1.165) is 71.2 Å². The SMILES string of the molecule is CN(C)C(=O)c1ccc(C2CCN(Cc3cc4c(-c5ccc6c(c5)[nH]c(=O)n6C)ccnc4n3C)CC2)cc1. The minimum Gasteiger partial charge on any atom is -0.345 e. The number of aromatic amines is 1. The Morgan fingerprint density at radius 1 is 1.00 bits per heavy atom. The van der Waals surface area contributed by atoms with Gasteiger partial charge < -0.3 is 14.5 Å². The minimum atomic E-state index is -0.107. The molecule has 0 bridgehead atoms. The molecule has 2 aromatic carbocycles. The largest absolute Gasteiger partial charge is 0.345 e. The highest BCUT2D eigenvalue weighted by Crippen LogP contribution is 2.33. The van der Waals surface area contributed by atoms with E-state index in [0.29, 0.717) is 5.92 Å². The van der Waals surface area contributed by atoms with Gasteiger partial charge in [0.2, 0.25) is 0 Å². The molecular formula is C31H34N6O2. The maximum atomic E-state index is 12.2. The Hall–Kier alpha value is -4.17. The lowest BCUT2D eigenvalue weighted by molar-refractivity contribution is 0.0827. The first kappa shape index (κ1) is 25.1. The summed E-state index contributed by atoms with van der Waals surface area (Å²) in [5.41, 5.74) is 8.06. The average Bonchev–Trinajstić information content (AvgIpc) is 3.42. The van der Waals surface area contributed by atoms with Gasteiger partial charge in [-0.2, -0.15) is 0 Å². The van der Waals surface area contributed by atoms with Crippen molar-refractivity contribution in [1.29, 1.82) is 0 Å². The van der Waals surface area contributed by atoms with Crippen LogP contribution < -0.4 is 5.69 Å². The zero-order chi connectivity index (χ0) is 27.3. The Morgan fingerprint density at radius 2 is 1.74 bits per heavy atom. The molecule has 0 unspecified atom stereocenters. The van der Waals surface area contributed by atoms with Crippen molar-refractivity contribution < 1.29 is 4.79 Å². The number of hydrogen-bond donors (Lipinski definition) is 1. The maximum Gasteiger partial charge on any atom is 0.326 e. The molecule has 4 heterocycles. The van der Waals surface area contributed by atoms with Crippen LogP contribution in [0, 0.1) is 0 Å². The first-order valence-electron chi connectivity index (χ1n) is 13.5. The van der Waals surface area contributed by atoms with Gasteiger partial charge in [0.1, 0.15) is 5.65 Å². The average molecular weight is 523 g/mol. The number of hydrogen-bond acceptors (Lipinski definition) is 4. The number of imidazole rings is 1. The summed E-state index contributed by atoms with van der Waals surface area (Å²) in [7, 11) is 7.44. The standard InChI is InChI=1S/C31H34N6O2/c1-34(2)30(38)22-7-5-20(6-8-22)21-12-15-37(16-13-21)19-24-18-26-25(11-14-32-29(26)35(24)3)23-9-10-28-27(17-23)33-31(39)36(28)4/h5-11,14,17-18,21H,12-13,15-16,19H2,1-4H3,(H,33,39). The quantitative estimate of drug-likeness (QED) is 0.369. The van der Waals surface area contributed by atoms with E-state index in [-0.39, 0.29) is 11.6 Å². The molecule has 1 amide bonds. The monoisotopic (exact) mass is 522 g/mol. The summed E-state index contributed by atoms with van der Waals surface area (Å²) in [5.74, 6) is 0.560. The number of aromatic nitrogens is 4. The number of pyridine rings is 1. The molecule has 1 fully saturated rings. The molecule has 0 saturated carbocycles. The summed E-state index contributed by atoms with van der Waals surface area (Å²) in [4.78, 5) is 36.1. The van der Waals surface area contributed by atoms with E-state index in [2.05, 4.69) is 51.8 Å². The van der Waals surface area contributed by atoms with Crippen LogP contribution >= 0.6 is 0 Å². The minimum absolute atomic E-state index is 0.0412. The fraction of sp³-hybridized carbons (Fsp3) is 0.323. The Kier molecular flexibility index (Phi) is 6.35. The van der Waals surface area contributed by atoms with Gasteiger partial charge in [-0.05, 0) is 84.9 Å². The van der Waals surface area contributed by atoms with Crippen molar-refractivity contribution in [2.24, 2.45) is 14.1 Å². The van der Waals surface area contributed by atoms with E-state index in [1.807, 2.05) is 30.5 Å². The normalized spacial score (nSPS) is 14.9. The Balaban J connectivity index is 1.19. The Bertz CT molecular complexity index is 1730. The Morgan fingerprint density at radius 3 is 2.46 bits per heavy atom. The van der Waals surface area contributed by atoms with E-state index < -0.39 is 0 Å². The van der Waals surface area contributed by atoms with Crippen LogP contribution in [-0.2, 0) is 20.6 Å². The number of likely N-dealkylation sites (tertiary alicyclic amines) is 1. The summed E-state index contributed by atoms with van der Waals surface area (Å²) in [6.45, 7) is 2.94. The van der Waals surface area contributed by atoms with Crippen LogP contribution in [0.2, 0.25) is 0 Å². The number of nitrogens with one attached hydrogen (secondary N) is 1. The molecule has 200 valence electrons. The van der Waals surface area contributed by atoms with Gasteiger partial charge in [-0.1, -0.05) is 18.2 Å². The zero-order valence-electron chi connectivity index (χ0n) is 22.9. The molecular weight excluding hydrogens is 488 g/mol. The first-order chi connectivity index (χ1) is 18.8. The van der Waals surface area contributed by atoms with Crippen LogP contribution in [0.1, 0.15) is 40.4 Å². The maximum absolute atomic E-state index is 12.2. The van der Waals surface area contributed by atoms with Gasteiger partial charge in [0.15, 0.2) is 0 Å². The van der Waals surface area contributed by atoms with Crippen molar-refractivity contribution in [3.05, 3.63) is 88.1 Å². The molecule has 5 aromatic rings. The molecule has 0 atom stereocenters. The molecule has 8 nitrogen and oxygen atoms in total. The number of carbonyl (C=O) groups excluding carboxylic acids is 1. The molecule has 1 aliphatic heterocycles. The predicted molar refractivity (Wildman–Crippen MR) is 155 cm³/mol. The van der Waals surface area contributed by atoms with Crippen molar-refractivity contribution in [2.75, 3.05) is 27.2 Å². The smallest absolute Gasteiger partial charge is 0.326 e. The summed E-state index contributed by atoms with van der Waals surface area (Å²) in [6.07, 6.45) is 4.07. The number of nitrogens with zero attached hydrogens (tertiary/aromatic N) is 5. The van der Waals surface area contributed by atoms with Crippen molar-refractivity contribution in [3.63, 3.8) is 0 Å². The molecule has 1 aliphatic rings. The van der Waals surface area contributed by atoms with E-state index in [1.54, 1.807) is 30.6 Å². The van der Waals surface area contributed by atoms with E-state index in [4.69, 9.17) is 4.98 Å². The van der Waals surface area contributed by atoms with Gasteiger partial charge in [-0.15, -0.1) is 0 Å². The highest BCUT2D eigenvalue weighted by Gasteiger charge is 2.23. The molecule has 0 aliphatic carbocycles. The van der Waals surface area contributed by atoms with E-state index in [1.165, 1.54) is 11.3 Å². The molecule has 0 spiro atoms. The van der Waals surface area contributed by atoms with Gasteiger partial charge in [0.25, 0.3) is 5.91 Å². The second-order valence-electron chi connectivity index (χ2n) is 10.9. The second kappa shape index (κ2) is 9.85. The fourth-order valence-corrected chi connectivity index (χ4v) is 5.89. The number of H-pyrrole nitrogens is 1. The molecule has 1 saturated heterocycles. The van der Waals surface area contributed by atoms with E-state index >= 15 is 0 Å². The molecule has 8 heteroatoms. The molecule has 39 heavy (non-hydrogen) atoms. The molecule has 6 rings (SSSR count). The van der Waals surface area contributed by atoms with Crippen molar-refractivity contribution in [3.8, 4) is 11.1 Å². The fourth-order valence-electron chi connectivity index (χ4n) is 5.89. The number of rotatable bonds is 5. The molecule has 1 N–H and O–H groups in total. The predicted octanol–water partition coefficient (Wildman–Crippen LogP) is 4.50. The zero-order valence-corrected chi connectivity index (χ0v) is 22.9. The Labute approximate surface area is 227 Å². The summed E-state index contributed by atoms with van der Waals surface area (Å²) < 4.78 is 3.83. The van der Waals surface area contributed by atoms with Crippen LogP contribution in [0.4, 0.5) is 0 Å². The van der Waals surface area contributed by atoms with Gasteiger partial charge in [-0.3, -0.25) is 14.3 Å². The van der Waals surface area contributed by atoms with Crippen LogP contribution in [0.25, 0.3) is 33.2 Å². The third kappa shape index (κ3) is 4.55. The number of benzene rings is 2. The van der Waals surface area contributed by atoms with Crippen LogP contribution in [0.15, 0.2) is 65.6 Å². The van der Waals surface area contributed by atoms with Crippen molar-refractivity contribution in [2.45, 2.75) is 25.3 Å². The first-order valence-corrected chi connectivity index (χ1v) is 13.5. The van der Waals surface area contributed by atoms with Gasteiger partial charge in [0.05, 0.1) is 11.0 Å². The molecule has 3 aromatic heterocycles. The van der Waals surface area contributed by atoms with Gasteiger partial charge >= 0.3 is 5.69 Å².